The van der Waals surface area contributed by atoms with Crippen molar-refractivity contribution in [2.75, 3.05) is 0 Å². The van der Waals surface area contributed by atoms with Crippen LogP contribution in [-0.2, 0) is 6.54 Å². The van der Waals surface area contributed by atoms with Gasteiger partial charge >= 0.3 is 4.87 Å². The van der Waals surface area contributed by atoms with Gasteiger partial charge in [0.15, 0.2) is 4.96 Å². The van der Waals surface area contributed by atoms with Gasteiger partial charge in [-0.3, -0.25) is 18.6 Å². The van der Waals surface area contributed by atoms with Gasteiger partial charge in [0, 0.05) is 28.7 Å². The molecule has 0 aliphatic rings. The maximum absolute atomic E-state index is 11.8. The number of hydrogen-bond acceptors (Lipinski definition) is 5. The average molecular weight is 279 g/mol. The van der Waals surface area contributed by atoms with Gasteiger partial charge in [-0.05, 0) is 6.92 Å². The molecule has 0 aliphatic heterocycles. The summed E-state index contributed by atoms with van der Waals surface area (Å²) in [5.74, 6) is 0. The summed E-state index contributed by atoms with van der Waals surface area (Å²) >= 11 is 2.56. The van der Waals surface area contributed by atoms with Gasteiger partial charge in [0.1, 0.15) is 0 Å². The van der Waals surface area contributed by atoms with E-state index in [1.807, 2.05) is 12.3 Å². The molecule has 7 heteroatoms. The molecule has 0 unspecified atom stereocenters. The third-order valence-electron chi connectivity index (χ3n) is 2.65. The molecule has 5 nitrogen and oxygen atoms in total. The summed E-state index contributed by atoms with van der Waals surface area (Å²) < 4.78 is 3.12. The van der Waals surface area contributed by atoms with Crippen LogP contribution in [0.1, 0.15) is 11.4 Å². The number of fused-ring (bicyclic) bond motifs is 1. The molecule has 0 fully saturated rings. The molecule has 0 spiro atoms. The first-order chi connectivity index (χ1) is 8.65. The number of aromatic nitrogens is 3. The number of aryl methyl sites for hydroxylation is 1. The van der Waals surface area contributed by atoms with Crippen molar-refractivity contribution in [2.45, 2.75) is 13.5 Å². The zero-order valence-electron chi connectivity index (χ0n) is 9.49. The molecule has 0 N–H and O–H groups in total. The first-order valence-electron chi connectivity index (χ1n) is 5.26. The second-order valence-electron chi connectivity index (χ2n) is 3.87. The van der Waals surface area contributed by atoms with E-state index in [9.17, 15) is 9.59 Å². The van der Waals surface area contributed by atoms with E-state index >= 15 is 0 Å². The van der Waals surface area contributed by atoms with E-state index in [-0.39, 0.29) is 10.4 Å². The molecule has 3 aromatic heterocycles. The van der Waals surface area contributed by atoms with Crippen molar-refractivity contribution in [3.8, 4) is 0 Å². The minimum atomic E-state index is -0.114. The van der Waals surface area contributed by atoms with E-state index in [2.05, 4.69) is 4.98 Å². The minimum Gasteiger partial charge on any atom is -0.297 e. The highest BCUT2D eigenvalue weighted by atomic mass is 32.1. The minimum absolute atomic E-state index is 0.0271. The summed E-state index contributed by atoms with van der Waals surface area (Å²) in [5, 5.41) is 3.62. The summed E-state index contributed by atoms with van der Waals surface area (Å²) in [6.07, 6.45) is 1.70. The summed E-state index contributed by atoms with van der Waals surface area (Å²) in [7, 11) is 0. The zero-order valence-corrected chi connectivity index (χ0v) is 11.1. The molecule has 92 valence electrons. The van der Waals surface area contributed by atoms with Gasteiger partial charge < -0.3 is 0 Å². The SMILES string of the molecule is Cc1csc(=O)n1Cc1cc(=O)n2ccsc2n1. The van der Waals surface area contributed by atoms with Crippen LogP contribution in [0.25, 0.3) is 4.96 Å². The number of rotatable bonds is 2. The zero-order chi connectivity index (χ0) is 12.7. The molecule has 3 rings (SSSR count). The maximum Gasteiger partial charge on any atom is 0.307 e. The molecular formula is C11H9N3O2S2. The lowest BCUT2D eigenvalue weighted by Crippen LogP contribution is -2.19. The van der Waals surface area contributed by atoms with Crippen molar-refractivity contribution in [3.63, 3.8) is 0 Å². The fourth-order valence-corrected chi connectivity index (χ4v) is 3.20. The van der Waals surface area contributed by atoms with Crippen LogP contribution < -0.4 is 10.4 Å². The Balaban J connectivity index is 2.10. The molecule has 0 amide bonds. The van der Waals surface area contributed by atoms with E-state index < -0.39 is 0 Å². The Labute approximate surface area is 110 Å². The van der Waals surface area contributed by atoms with Crippen molar-refractivity contribution >= 4 is 27.6 Å². The largest absolute Gasteiger partial charge is 0.307 e. The summed E-state index contributed by atoms with van der Waals surface area (Å²) in [5.41, 5.74) is 1.39. The van der Waals surface area contributed by atoms with Gasteiger partial charge in [-0.25, -0.2) is 4.98 Å². The van der Waals surface area contributed by atoms with Gasteiger partial charge in [0.2, 0.25) is 0 Å². The summed E-state index contributed by atoms with van der Waals surface area (Å²) in [4.78, 5) is 28.4. The summed E-state index contributed by atoms with van der Waals surface area (Å²) in [6, 6.07) is 1.48. The summed E-state index contributed by atoms with van der Waals surface area (Å²) in [6.45, 7) is 2.21. The van der Waals surface area contributed by atoms with E-state index in [1.54, 1.807) is 16.1 Å². The Morgan fingerprint density at radius 2 is 2.17 bits per heavy atom. The smallest absolute Gasteiger partial charge is 0.297 e. The highest BCUT2D eigenvalue weighted by Gasteiger charge is 2.07. The molecule has 3 aromatic rings. The monoisotopic (exact) mass is 279 g/mol. The standard InChI is InChI=1S/C11H9N3O2S2/c1-7-6-18-11(16)14(7)5-8-4-9(15)13-2-3-17-10(13)12-8/h2-4,6H,5H2,1H3. The Kier molecular flexibility index (Phi) is 2.64. The number of hydrogen-bond donors (Lipinski definition) is 0. The van der Waals surface area contributed by atoms with Crippen LogP contribution in [0, 0.1) is 6.92 Å². The topological polar surface area (TPSA) is 56.4 Å². The van der Waals surface area contributed by atoms with Gasteiger partial charge in [-0.2, -0.15) is 0 Å². The van der Waals surface area contributed by atoms with E-state index in [0.717, 1.165) is 17.0 Å². The van der Waals surface area contributed by atoms with Gasteiger partial charge in [0.25, 0.3) is 5.56 Å². The van der Waals surface area contributed by atoms with Crippen LogP contribution in [-0.4, -0.2) is 14.0 Å². The lowest BCUT2D eigenvalue weighted by Gasteiger charge is -2.03. The van der Waals surface area contributed by atoms with E-state index in [4.69, 9.17) is 0 Å². The van der Waals surface area contributed by atoms with Crippen LogP contribution in [0.2, 0.25) is 0 Å². The van der Waals surface area contributed by atoms with Crippen molar-refractivity contribution < 1.29 is 0 Å². The maximum atomic E-state index is 11.8. The van der Waals surface area contributed by atoms with Crippen LogP contribution in [0.4, 0.5) is 0 Å². The Bertz CT molecular complexity index is 825. The quantitative estimate of drug-likeness (QED) is 0.711. The molecule has 0 atom stereocenters. The number of nitrogens with zero attached hydrogens (tertiary/aromatic N) is 3. The van der Waals surface area contributed by atoms with Crippen LogP contribution in [0.5, 0.6) is 0 Å². The molecule has 0 bridgehead atoms. The third-order valence-corrected chi connectivity index (χ3v) is 4.29. The van der Waals surface area contributed by atoms with E-state index in [0.29, 0.717) is 17.2 Å². The highest BCUT2D eigenvalue weighted by molar-refractivity contribution is 7.15. The molecule has 0 saturated carbocycles. The third kappa shape index (κ3) is 1.81. The molecule has 0 saturated heterocycles. The van der Waals surface area contributed by atoms with Gasteiger partial charge in [0.05, 0.1) is 12.2 Å². The van der Waals surface area contributed by atoms with Crippen LogP contribution >= 0.6 is 22.7 Å². The Hall–Kier alpha value is -1.73. The molecule has 0 aromatic carbocycles. The first-order valence-corrected chi connectivity index (χ1v) is 7.02. The fourth-order valence-electron chi connectivity index (χ4n) is 1.73. The van der Waals surface area contributed by atoms with Crippen LogP contribution in [0.15, 0.2) is 32.6 Å². The Morgan fingerprint density at radius 1 is 1.33 bits per heavy atom. The molecule has 3 heterocycles. The van der Waals surface area contributed by atoms with Gasteiger partial charge in [-0.1, -0.05) is 11.3 Å². The highest BCUT2D eigenvalue weighted by Crippen LogP contribution is 2.08. The Morgan fingerprint density at radius 3 is 2.89 bits per heavy atom. The van der Waals surface area contributed by atoms with Crippen LogP contribution in [0.3, 0.4) is 0 Å². The first kappa shape index (κ1) is 11.4. The lowest BCUT2D eigenvalue weighted by atomic mass is 10.4. The normalized spacial score (nSPS) is 11.2. The van der Waals surface area contributed by atoms with E-state index in [1.165, 1.54) is 21.8 Å². The molecular weight excluding hydrogens is 270 g/mol. The average Bonchev–Trinajstić information content (AvgIpc) is 2.91. The molecule has 0 aliphatic carbocycles. The van der Waals surface area contributed by atoms with Crippen molar-refractivity contribution in [1.29, 1.82) is 0 Å². The predicted molar refractivity (Wildman–Crippen MR) is 71.8 cm³/mol. The second-order valence-corrected chi connectivity index (χ2v) is 5.56. The molecule has 0 radical (unpaired) electrons. The van der Waals surface area contributed by atoms with Crippen molar-refractivity contribution in [3.05, 3.63) is 54.4 Å². The van der Waals surface area contributed by atoms with Crippen molar-refractivity contribution in [2.24, 2.45) is 0 Å². The van der Waals surface area contributed by atoms with Crippen molar-refractivity contribution in [1.82, 2.24) is 14.0 Å². The number of thiazole rings is 2. The predicted octanol–water partition coefficient (Wildman–Crippen LogP) is 1.34. The second kappa shape index (κ2) is 4.18. The molecule has 18 heavy (non-hydrogen) atoms. The van der Waals surface area contributed by atoms with Gasteiger partial charge in [-0.15, -0.1) is 11.3 Å². The lowest BCUT2D eigenvalue weighted by molar-refractivity contribution is 0.733. The fraction of sp³-hybridized carbons (Fsp3) is 0.182.